The van der Waals surface area contributed by atoms with Gasteiger partial charge >= 0.3 is 5.69 Å². The molecule has 0 aliphatic heterocycles. The van der Waals surface area contributed by atoms with Crippen LogP contribution in [0.5, 0.6) is 11.5 Å². The molecule has 0 saturated heterocycles. The van der Waals surface area contributed by atoms with Crippen molar-refractivity contribution < 1.29 is 19.2 Å². The number of rotatable bonds is 7. The Morgan fingerprint density at radius 3 is 2.56 bits per heavy atom. The lowest BCUT2D eigenvalue weighted by Crippen LogP contribution is -2.24. The van der Waals surface area contributed by atoms with E-state index in [-0.39, 0.29) is 11.4 Å². The van der Waals surface area contributed by atoms with Gasteiger partial charge in [0.2, 0.25) is 0 Å². The molecule has 0 radical (unpaired) electrons. The maximum absolute atomic E-state index is 11.8. The van der Waals surface area contributed by atoms with Crippen molar-refractivity contribution in [3.05, 3.63) is 60.5 Å². The summed E-state index contributed by atoms with van der Waals surface area (Å²) in [5.41, 5.74) is 3.54. The van der Waals surface area contributed by atoms with E-state index in [2.05, 4.69) is 42.4 Å². The first-order valence-corrected chi connectivity index (χ1v) is 9.13. The van der Waals surface area contributed by atoms with E-state index in [0.717, 1.165) is 14.5 Å². The largest absolute Gasteiger partial charge is 0.494 e. The molecule has 0 heterocycles. The minimum absolute atomic E-state index is 0.0211. The standard InChI is InChI=1S/C17H15Br2N3O5/c1-10-3-4-15(14(5-10)22(24)25)27-9-16(23)21-20-8-11-6-12(18)17(26-2)13(19)7-11/h3-8H,9H2,1-2H3,(H,21,23)/b20-8-. The first kappa shape index (κ1) is 20.8. The van der Waals surface area contributed by atoms with E-state index in [1.165, 1.54) is 18.3 Å². The zero-order chi connectivity index (χ0) is 20.0. The Kier molecular flexibility index (Phi) is 7.31. The van der Waals surface area contributed by atoms with Crippen LogP contribution in [0.2, 0.25) is 0 Å². The third kappa shape index (κ3) is 5.76. The van der Waals surface area contributed by atoms with Gasteiger partial charge in [0.05, 0.1) is 27.2 Å². The molecule has 2 rings (SSSR count). The number of hydrogen-bond acceptors (Lipinski definition) is 6. The van der Waals surface area contributed by atoms with E-state index in [4.69, 9.17) is 9.47 Å². The van der Waals surface area contributed by atoms with E-state index in [1.54, 1.807) is 32.2 Å². The number of methoxy groups -OCH3 is 1. The van der Waals surface area contributed by atoms with Crippen molar-refractivity contribution in [1.82, 2.24) is 5.43 Å². The van der Waals surface area contributed by atoms with Crippen molar-refractivity contribution in [3.8, 4) is 11.5 Å². The van der Waals surface area contributed by atoms with Crippen LogP contribution in [0.25, 0.3) is 0 Å². The highest BCUT2D eigenvalue weighted by atomic mass is 79.9. The maximum atomic E-state index is 11.8. The number of nitro groups is 1. The van der Waals surface area contributed by atoms with Crippen molar-refractivity contribution in [2.75, 3.05) is 13.7 Å². The summed E-state index contributed by atoms with van der Waals surface area (Å²) in [5, 5.41) is 14.9. The quantitative estimate of drug-likeness (QED) is 0.352. The third-order valence-electron chi connectivity index (χ3n) is 3.30. The second-order valence-electron chi connectivity index (χ2n) is 5.33. The lowest BCUT2D eigenvalue weighted by molar-refractivity contribution is -0.385. The highest BCUT2D eigenvalue weighted by molar-refractivity contribution is 9.11. The molecule has 0 aliphatic rings. The summed E-state index contributed by atoms with van der Waals surface area (Å²) in [6, 6.07) is 8.04. The molecule has 27 heavy (non-hydrogen) atoms. The van der Waals surface area contributed by atoms with Crippen LogP contribution in [0.3, 0.4) is 0 Å². The van der Waals surface area contributed by atoms with Crippen molar-refractivity contribution in [1.29, 1.82) is 0 Å². The number of benzene rings is 2. The number of hydrazone groups is 1. The number of nitrogens with zero attached hydrogens (tertiary/aromatic N) is 2. The van der Waals surface area contributed by atoms with Crippen molar-refractivity contribution >= 4 is 49.7 Å². The first-order valence-electron chi connectivity index (χ1n) is 7.54. The molecule has 0 unspecified atom stereocenters. The van der Waals surface area contributed by atoms with Gasteiger partial charge in [0.15, 0.2) is 12.4 Å². The molecule has 1 N–H and O–H groups in total. The van der Waals surface area contributed by atoms with Gasteiger partial charge in [-0.15, -0.1) is 0 Å². The molecular formula is C17H15Br2N3O5. The zero-order valence-electron chi connectivity index (χ0n) is 14.4. The molecule has 0 fully saturated rings. The highest BCUT2D eigenvalue weighted by Gasteiger charge is 2.16. The molecule has 142 valence electrons. The highest BCUT2D eigenvalue weighted by Crippen LogP contribution is 2.34. The topological polar surface area (TPSA) is 103 Å². The summed E-state index contributed by atoms with van der Waals surface area (Å²) >= 11 is 6.75. The molecule has 0 spiro atoms. The Morgan fingerprint density at radius 2 is 1.96 bits per heavy atom. The number of aryl methyl sites for hydroxylation is 1. The number of carbonyl (C=O) groups is 1. The van der Waals surface area contributed by atoms with Crippen LogP contribution in [0.1, 0.15) is 11.1 Å². The van der Waals surface area contributed by atoms with Crippen LogP contribution in [0, 0.1) is 17.0 Å². The minimum atomic E-state index is -0.558. The number of hydrogen-bond donors (Lipinski definition) is 1. The van der Waals surface area contributed by atoms with Crippen molar-refractivity contribution in [2.45, 2.75) is 6.92 Å². The normalized spacial score (nSPS) is 10.7. The molecular weight excluding hydrogens is 486 g/mol. The van der Waals surface area contributed by atoms with Crippen LogP contribution in [0.15, 0.2) is 44.4 Å². The zero-order valence-corrected chi connectivity index (χ0v) is 17.5. The second kappa shape index (κ2) is 9.47. The van der Waals surface area contributed by atoms with Gasteiger partial charge in [0.1, 0.15) is 5.75 Å². The molecule has 10 heteroatoms. The van der Waals surface area contributed by atoms with Gasteiger partial charge in [0, 0.05) is 6.07 Å². The Labute approximate surface area is 172 Å². The fourth-order valence-corrected chi connectivity index (χ4v) is 3.64. The molecule has 0 aliphatic carbocycles. The molecule has 2 aromatic rings. The predicted molar refractivity (Wildman–Crippen MR) is 107 cm³/mol. The molecule has 0 saturated carbocycles. The van der Waals surface area contributed by atoms with Gasteiger partial charge in [-0.1, -0.05) is 6.07 Å². The fraction of sp³-hybridized carbons (Fsp3) is 0.176. The van der Waals surface area contributed by atoms with Gasteiger partial charge in [-0.2, -0.15) is 5.10 Å². The van der Waals surface area contributed by atoms with Crippen molar-refractivity contribution in [2.24, 2.45) is 5.10 Å². The lowest BCUT2D eigenvalue weighted by Gasteiger charge is -2.07. The fourth-order valence-electron chi connectivity index (χ4n) is 2.10. The first-order chi connectivity index (χ1) is 12.8. The number of nitrogens with one attached hydrogen (secondary N) is 1. The van der Waals surface area contributed by atoms with Gasteiger partial charge < -0.3 is 9.47 Å². The Bertz CT molecular complexity index is 879. The van der Waals surface area contributed by atoms with E-state index in [0.29, 0.717) is 11.3 Å². The van der Waals surface area contributed by atoms with Gasteiger partial charge in [-0.05, 0) is 68.1 Å². The van der Waals surface area contributed by atoms with Crippen LogP contribution >= 0.6 is 31.9 Å². The Morgan fingerprint density at radius 1 is 1.30 bits per heavy atom. The summed E-state index contributed by atoms with van der Waals surface area (Å²) < 4.78 is 11.9. The van der Waals surface area contributed by atoms with Gasteiger partial charge in [-0.25, -0.2) is 5.43 Å². The smallest absolute Gasteiger partial charge is 0.311 e. The van der Waals surface area contributed by atoms with Crippen molar-refractivity contribution in [3.63, 3.8) is 0 Å². The molecule has 8 nitrogen and oxygen atoms in total. The number of nitro benzene ring substituents is 1. The summed E-state index contributed by atoms with van der Waals surface area (Å²) in [5.74, 6) is 0.116. The Hall–Kier alpha value is -2.46. The number of amides is 1. The minimum Gasteiger partial charge on any atom is -0.494 e. The summed E-state index contributed by atoms with van der Waals surface area (Å²) in [7, 11) is 1.55. The lowest BCUT2D eigenvalue weighted by atomic mass is 10.2. The number of halogens is 2. The summed E-state index contributed by atoms with van der Waals surface area (Å²) in [4.78, 5) is 22.3. The maximum Gasteiger partial charge on any atom is 0.311 e. The second-order valence-corrected chi connectivity index (χ2v) is 7.04. The molecule has 2 aromatic carbocycles. The van der Waals surface area contributed by atoms with E-state index >= 15 is 0 Å². The van der Waals surface area contributed by atoms with E-state index in [9.17, 15) is 14.9 Å². The summed E-state index contributed by atoms with van der Waals surface area (Å²) in [6.07, 6.45) is 1.45. The summed E-state index contributed by atoms with van der Waals surface area (Å²) in [6.45, 7) is 1.32. The van der Waals surface area contributed by atoms with E-state index < -0.39 is 17.4 Å². The Balaban J connectivity index is 1.96. The van der Waals surface area contributed by atoms with Crippen LogP contribution in [-0.2, 0) is 4.79 Å². The van der Waals surface area contributed by atoms with Crippen LogP contribution in [0.4, 0.5) is 5.69 Å². The molecule has 0 atom stereocenters. The SMILES string of the molecule is COc1c(Br)cc(/C=N\NC(=O)COc2ccc(C)cc2[N+](=O)[O-])cc1Br. The predicted octanol–water partition coefficient (Wildman–Crippen LogP) is 3.97. The molecule has 1 amide bonds. The van der Waals surface area contributed by atoms with Gasteiger partial charge in [0.25, 0.3) is 5.91 Å². The van der Waals surface area contributed by atoms with Crippen LogP contribution < -0.4 is 14.9 Å². The average Bonchev–Trinajstić information content (AvgIpc) is 2.60. The molecule has 0 bridgehead atoms. The average molecular weight is 501 g/mol. The molecule has 0 aromatic heterocycles. The van der Waals surface area contributed by atoms with E-state index in [1.807, 2.05) is 0 Å². The van der Waals surface area contributed by atoms with Crippen LogP contribution in [-0.4, -0.2) is 30.8 Å². The third-order valence-corrected chi connectivity index (χ3v) is 4.48. The number of ether oxygens (including phenoxy) is 2. The number of carbonyl (C=O) groups excluding carboxylic acids is 1. The van der Waals surface area contributed by atoms with Gasteiger partial charge in [-0.3, -0.25) is 14.9 Å². The monoisotopic (exact) mass is 499 g/mol.